The summed E-state index contributed by atoms with van der Waals surface area (Å²) in [6, 6.07) is 13.2. The molecule has 1 heterocycles. The summed E-state index contributed by atoms with van der Waals surface area (Å²) in [6.45, 7) is 1.67. The molecule has 0 spiro atoms. The predicted molar refractivity (Wildman–Crippen MR) is 99.7 cm³/mol. The van der Waals surface area contributed by atoms with Crippen molar-refractivity contribution in [1.82, 2.24) is 0 Å². The monoisotopic (exact) mass is 369 g/mol. The molecule has 0 saturated heterocycles. The third kappa shape index (κ3) is 3.09. The summed E-state index contributed by atoms with van der Waals surface area (Å²) in [4.78, 5) is 26.8. The van der Waals surface area contributed by atoms with Gasteiger partial charge in [0.2, 0.25) is 0 Å². The molecule has 2 aromatic carbocycles. The summed E-state index contributed by atoms with van der Waals surface area (Å²) in [5, 5.41) is 9.82. The van der Waals surface area contributed by atoms with Gasteiger partial charge in [0.15, 0.2) is 0 Å². The molecule has 3 rings (SSSR count). The molecule has 132 valence electrons. The summed E-state index contributed by atoms with van der Waals surface area (Å²) in [5.41, 5.74) is 2.00. The number of amides is 1. The summed E-state index contributed by atoms with van der Waals surface area (Å²) >= 11 is 6.24. The number of hydrogen-bond donors (Lipinski definition) is 1. The minimum Gasteiger partial charge on any atom is -0.508 e. The van der Waals surface area contributed by atoms with Crippen molar-refractivity contribution in [3.8, 4) is 5.75 Å². The van der Waals surface area contributed by atoms with E-state index >= 15 is 0 Å². The van der Waals surface area contributed by atoms with Crippen molar-refractivity contribution < 1.29 is 19.4 Å². The van der Waals surface area contributed by atoms with Crippen LogP contribution in [0.15, 0.2) is 65.4 Å². The standard InChI is InChI=1S/C20H16ClNO4/c1-12-18(20(25)26-2)15(11-13-7-9-14(23)10-8-13)19(24)22(12)17-6-4-3-5-16(17)21/h3-11,23H,1-2H3/b15-11-. The van der Waals surface area contributed by atoms with Crippen LogP contribution in [0.5, 0.6) is 5.75 Å². The predicted octanol–water partition coefficient (Wildman–Crippen LogP) is 3.92. The molecule has 1 aliphatic rings. The first kappa shape index (κ1) is 17.8. The van der Waals surface area contributed by atoms with Gasteiger partial charge in [-0.3, -0.25) is 9.69 Å². The Kier molecular flexibility index (Phi) is 4.82. The average Bonchev–Trinajstić information content (AvgIpc) is 2.87. The van der Waals surface area contributed by atoms with E-state index in [-0.39, 0.29) is 22.8 Å². The van der Waals surface area contributed by atoms with Gasteiger partial charge in [-0.05, 0) is 42.8 Å². The third-order valence-corrected chi connectivity index (χ3v) is 4.41. The smallest absolute Gasteiger partial charge is 0.340 e. The van der Waals surface area contributed by atoms with E-state index in [0.717, 1.165) is 0 Å². The fourth-order valence-corrected chi connectivity index (χ4v) is 3.06. The van der Waals surface area contributed by atoms with Crippen molar-refractivity contribution >= 4 is 35.2 Å². The molecular weight excluding hydrogens is 354 g/mol. The number of para-hydroxylation sites is 1. The molecular formula is C20H16ClNO4. The number of nitrogens with zero attached hydrogens (tertiary/aromatic N) is 1. The van der Waals surface area contributed by atoms with Gasteiger partial charge in [-0.25, -0.2) is 4.79 Å². The fraction of sp³-hybridized carbons (Fsp3) is 0.100. The van der Waals surface area contributed by atoms with Crippen LogP contribution < -0.4 is 4.90 Å². The Morgan fingerprint density at radius 3 is 2.42 bits per heavy atom. The Bertz CT molecular complexity index is 945. The number of carbonyl (C=O) groups is 2. The lowest BCUT2D eigenvalue weighted by Crippen LogP contribution is -2.24. The molecule has 6 heteroatoms. The van der Waals surface area contributed by atoms with Crippen LogP contribution in [0.2, 0.25) is 5.02 Å². The number of ether oxygens (including phenoxy) is 1. The quantitative estimate of drug-likeness (QED) is 0.657. The highest BCUT2D eigenvalue weighted by Crippen LogP contribution is 2.38. The second kappa shape index (κ2) is 7.06. The number of benzene rings is 2. The lowest BCUT2D eigenvalue weighted by atomic mass is 10.0. The molecule has 0 radical (unpaired) electrons. The van der Waals surface area contributed by atoms with Crippen LogP contribution in [0, 0.1) is 0 Å². The molecule has 0 bridgehead atoms. The molecule has 0 atom stereocenters. The zero-order valence-electron chi connectivity index (χ0n) is 14.2. The number of allylic oxidation sites excluding steroid dienone is 1. The molecule has 1 aliphatic heterocycles. The molecule has 5 nitrogen and oxygen atoms in total. The van der Waals surface area contributed by atoms with E-state index in [1.54, 1.807) is 49.4 Å². The Hall–Kier alpha value is -3.05. The number of rotatable bonds is 3. The Labute approximate surface area is 155 Å². The highest BCUT2D eigenvalue weighted by atomic mass is 35.5. The van der Waals surface area contributed by atoms with E-state index in [1.165, 1.54) is 24.1 Å². The van der Waals surface area contributed by atoms with Crippen molar-refractivity contribution in [3.63, 3.8) is 0 Å². The summed E-state index contributed by atoms with van der Waals surface area (Å²) in [6.07, 6.45) is 1.59. The highest BCUT2D eigenvalue weighted by molar-refractivity contribution is 6.35. The van der Waals surface area contributed by atoms with Crippen LogP contribution in [-0.4, -0.2) is 24.1 Å². The van der Waals surface area contributed by atoms with Crippen LogP contribution in [0.1, 0.15) is 12.5 Å². The molecule has 0 aromatic heterocycles. The van der Waals surface area contributed by atoms with Gasteiger partial charge in [-0.1, -0.05) is 35.9 Å². The number of aromatic hydroxyl groups is 1. The van der Waals surface area contributed by atoms with E-state index < -0.39 is 5.97 Å². The van der Waals surface area contributed by atoms with Gasteiger partial charge in [0.25, 0.3) is 5.91 Å². The first-order valence-corrected chi connectivity index (χ1v) is 8.21. The second-order valence-corrected chi connectivity index (χ2v) is 6.10. The first-order chi connectivity index (χ1) is 12.4. The van der Waals surface area contributed by atoms with E-state index in [1.807, 2.05) is 0 Å². The van der Waals surface area contributed by atoms with Crippen molar-refractivity contribution in [3.05, 3.63) is 76.0 Å². The normalized spacial score (nSPS) is 15.7. The zero-order valence-corrected chi connectivity index (χ0v) is 14.9. The SMILES string of the molecule is COC(=O)C1=C(C)N(c2ccccc2Cl)C(=O)/C1=C\c1ccc(O)cc1. The number of anilines is 1. The lowest BCUT2D eigenvalue weighted by molar-refractivity contribution is -0.136. The number of phenolic OH excluding ortho intramolecular Hbond substituents is 1. The van der Waals surface area contributed by atoms with Gasteiger partial charge < -0.3 is 9.84 Å². The lowest BCUT2D eigenvalue weighted by Gasteiger charge is -2.19. The fourth-order valence-electron chi connectivity index (χ4n) is 2.84. The Morgan fingerprint density at radius 1 is 1.15 bits per heavy atom. The van der Waals surface area contributed by atoms with Crippen molar-refractivity contribution in [2.24, 2.45) is 0 Å². The molecule has 0 saturated carbocycles. The molecule has 1 N–H and O–H groups in total. The molecule has 1 amide bonds. The topological polar surface area (TPSA) is 66.8 Å². The number of halogens is 1. The minimum absolute atomic E-state index is 0.113. The molecule has 0 unspecified atom stereocenters. The number of esters is 1. The number of carbonyl (C=O) groups excluding carboxylic acids is 2. The summed E-state index contributed by atoms with van der Waals surface area (Å²) < 4.78 is 4.86. The van der Waals surface area contributed by atoms with Gasteiger partial charge in [0, 0.05) is 5.70 Å². The summed E-state index contributed by atoms with van der Waals surface area (Å²) in [7, 11) is 1.27. The minimum atomic E-state index is -0.601. The molecule has 0 fully saturated rings. The maximum Gasteiger partial charge on any atom is 0.340 e. The van der Waals surface area contributed by atoms with Gasteiger partial charge in [0.1, 0.15) is 5.75 Å². The average molecular weight is 370 g/mol. The van der Waals surface area contributed by atoms with E-state index in [2.05, 4.69) is 0 Å². The van der Waals surface area contributed by atoms with E-state index in [0.29, 0.717) is 22.0 Å². The Morgan fingerprint density at radius 2 is 1.81 bits per heavy atom. The maximum absolute atomic E-state index is 13.1. The largest absolute Gasteiger partial charge is 0.508 e. The maximum atomic E-state index is 13.1. The van der Waals surface area contributed by atoms with Gasteiger partial charge in [0.05, 0.1) is 29.0 Å². The third-order valence-electron chi connectivity index (χ3n) is 4.09. The number of phenols is 1. The zero-order chi connectivity index (χ0) is 18.8. The van der Waals surface area contributed by atoms with E-state index in [4.69, 9.17) is 16.3 Å². The number of hydrogen-bond acceptors (Lipinski definition) is 4. The van der Waals surface area contributed by atoms with Crippen LogP contribution in [0.4, 0.5) is 5.69 Å². The van der Waals surface area contributed by atoms with Crippen LogP contribution >= 0.6 is 11.6 Å². The molecule has 2 aromatic rings. The van der Waals surface area contributed by atoms with Crippen LogP contribution in [0.3, 0.4) is 0 Å². The van der Waals surface area contributed by atoms with Gasteiger partial charge in [-0.15, -0.1) is 0 Å². The highest BCUT2D eigenvalue weighted by Gasteiger charge is 2.38. The van der Waals surface area contributed by atoms with Crippen LogP contribution in [0.25, 0.3) is 6.08 Å². The van der Waals surface area contributed by atoms with E-state index in [9.17, 15) is 14.7 Å². The second-order valence-electron chi connectivity index (χ2n) is 5.69. The van der Waals surface area contributed by atoms with Crippen LogP contribution in [-0.2, 0) is 14.3 Å². The van der Waals surface area contributed by atoms with Gasteiger partial charge >= 0.3 is 5.97 Å². The number of methoxy groups -OCH3 is 1. The molecule has 26 heavy (non-hydrogen) atoms. The van der Waals surface area contributed by atoms with Gasteiger partial charge in [-0.2, -0.15) is 0 Å². The van der Waals surface area contributed by atoms with Crippen molar-refractivity contribution in [2.75, 3.05) is 12.0 Å². The van der Waals surface area contributed by atoms with Crippen molar-refractivity contribution in [1.29, 1.82) is 0 Å². The molecule has 0 aliphatic carbocycles. The first-order valence-electron chi connectivity index (χ1n) is 7.83. The summed E-state index contributed by atoms with van der Waals surface area (Å²) in [5.74, 6) is -0.859. The Balaban J connectivity index is 2.16. The van der Waals surface area contributed by atoms with Crippen molar-refractivity contribution in [2.45, 2.75) is 6.92 Å².